The monoisotopic (exact) mass is 230 g/mol. The van der Waals surface area contributed by atoms with Crippen molar-refractivity contribution >= 4 is 36.8 Å². The van der Waals surface area contributed by atoms with Crippen molar-refractivity contribution in [3.63, 3.8) is 0 Å². The highest BCUT2D eigenvalue weighted by Crippen LogP contribution is 2.25. The van der Waals surface area contributed by atoms with E-state index in [1.54, 1.807) is 0 Å². The van der Waals surface area contributed by atoms with Crippen molar-refractivity contribution in [3.05, 3.63) is 18.2 Å². The van der Waals surface area contributed by atoms with Crippen molar-refractivity contribution < 1.29 is 13.0 Å². The fourth-order valence-corrected chi connectivity index (χ4v) is 2.44. The zero-order chi connectivity index (χ0) is 10.3. The average molecular weight is 230 g/mol. The lowest BCUT2D eigenvalue weighted by atomic mass is 10.3. The fraction of sp³-hybridized carbons (Fsp3) is 0. The molecule has 0 unspecified atom stereocenters. The Kier molecular flexibility index (Phi) is 1.95. The first-order valence-electron chi connectivity index (χ1n) is 3.60. The molecule has 0 radical (unpaired) electrons. The van der Waals surface area contributed by atoms with Crippen LogP contribution in [0.15, 0.2) is 23.1 Å². The Morgan fingerprint density at radius 3 is 2.79 bits per heavy atom. The molecule has 1 heterocycles. The molecule has 74 valence electrons. The molecule has 0 saturated heterocycles. The Balaban J connectivity index is 2.74. The number of anilines is 1. The van der Waals surface area contributed by atoms with Gasteiger partial charge in [-0.05, 0) is 18.2 Å². The van der Waals surface area contributed by atoms with Crippen LogP contribution in [0, 0.1) is 0 Å². The van der Waals surface area contributed by atoms with Gasteiger partial charge in [0.1, 0.15) is 0 Å². The van der Waals surface area contributed by atoms with Gasteiger partial charge in [-0.1, -0.05) is 11.3 Å². The van der Waals surface area contributed by atoms with Gasteiger partial charge in [-0.25, -0.2) is 4.98 Å². The van der Waals surface area contributed by atoms with Gasteiger partial charge in [-0.3, -0.25) is 4.55 Å². The van der Waals surface area contributed by atoms with Crippen LogP contribution in [-0.4, -0.2) is 18.0 Å². The van der Waals surface area contributed by atoms with Gasteiger partial charge in [0.2, 0.25) is 0 Å². The van der Waals surface area contributed by atoms with Crippen LogP contribution in [0.4, 0.5) is 5.13 Å². The van der Waals surface area contributed by atoms with Crippen LogP contribution in [-0.2, 0) is 10.1 Å². The molecule has 0 aliphatic carbocycles. The molecule has 0 saturated carbocycles. The number of fused-ring (bicyclic) bond motifs is 1. The van der Waals surface area contributed by atoms with Crippen LogP contribution in [0.25, 0.3) is 10.2 Å². The van der Waals surface area contributed by atoms with E-state index in [2.05, 4.69) is 4.98 Å². The minimum Gasteiger partial charge on any atom is -0.375 e. The van der Waals surface area contributed by atoms with E-state index in [0.29, 0.717) is 15.3 Å². The SMILES string of the molecule is Nc1nc2ccc(S(=O)(=O)O)cc2s1. The quantitative estimate of drug-likeness (QED) is 0.716. The van der Waals surface area contributed by atoms with Crippen LogP contribution in [0.2, 0.25) is 0 Å². The fourth-order valence-electron chi connectivity index (χ4n) is 1.08. The summed E-state index contributed by atoms with van der Waals surface area (Å²) in [5, 5.41) is 0.368. The summed E-state index contributed by atoms with van der Waals surface area (Å²) in [4.78, 5) is 3.81. The minimum absolute atomic E-state index is 0.145. The molecule has 3 N–H and O–H groups in total. The predicted molar refractivity (Wildman–Crippen MR) is 53.8 cm³/mol. The average Bonchev–Trinajstić information content (AvgIpc) is 2.41. The number of hydrogen-bond acceptors (Lipinski definition) is 5. The normalized spacial score (nSPS) is 12.1. The number of nitrogens with zero attached hydrogens (tertiary/aromatic N) is 1. The van der Waals surface area contributed by atoms with Crippen LogP contribution >= 0.6 is 11.3 Å². The molecule has 0 aliphatic heterocycles. The molecule has 1 aromatic carbocycles. The van der Waals surface area contributed by atoms with Gasteiger partial charge in [0.05, 0.1) is 15.1 Å². The highest BCUT2D eigenvalue weighted by Gasteiger charge is 2.11. The number of thiazole rings is 1. The van der Waals surface area contributed by atoms with E-state index >= 15 is 0 Å². The molecular formula is C7H6N2O3S2. The number of nitrogen functional groups attached to an aromatic ring is 1. The molecule has 2 aromatic rings. The number of nitrogens with two attached hydrogens (primary N) is 1. The van der Waals surface area contributed by atoms with Crippen molar-refractivity contribution in [3.8, 4) is 0 Å². The third kappa shape index (κ3) is 1.57. The molecule has 0 amide bonds. The molecular weight excluding hydrogens is 224 g/mol. The smallest absolute Gasteiger partial charge is 0.294 e. The minimum atomic E-state index is -4.15. The Hall–Kier alpha value is -1.18. The first-order valence-corrected chi connectivity index (χ1v) is 5.86. The number of hydrogen-bond donors (Lipinski definition) is 2. The van der Waals surface area contributed by atoms with Crippen molar-refractivity contribution in [2.24, 2.45) is 0 Å². The molecule has 2 rings (SSSR count). The van der Waals surface area contributed by atoms with Gasteiger partial charge in [-0.15, -0.1) is 0 Å². The highest BCUT2D eigenvalue weighted by molar-refractivity contribution is 7.85. The summed E-state index contributed by atoms with van der Waals surface area (Å²) < 4.78 is 31.0. The standard InChI is InChI=1S/C7H6N2O3S2/c8-7-9-5-2-1-4(14(10,11)12)3-6(5)13-7/h1-3H,(H2,8,9)(H,10,11,12). The largest absolute Gasteiger partial charge is 0.375 e. The van der Waals surface area contributed by atoms with Crippen LogP contribution in [0.3, 0.4) is 0 Å². The summed E-state index contributed by atoms with van der Waals surface area (Å²) in [5.41, 5.74) is 6.07. The lowest BCUT2D eigenvalue weighted by molar-refractivity contribution is 0.483. The van der Waals surface area contributed by atoms with Crippen LogP contribution in [0.1, 0.15) is 0 Å². The van der Waals surface area contributed by atoms with Gasteiger partial charge < -0.3 is 5.73 Å². The maximum Gasteiger partial charge on any atom is 0.294 e. The van der Waals surface area contributed by atoms with E-state index in [4.69, 9.17) is 10.3 Å². The van der Waals surface area contributed by atoms with E-state index in [9.17, 15) is 8.42 Å². The molecule has 5 nitrogen and oxygen atoms in total. The second-order valence-electron chi connectivity index (χ2n) is 2.66. The maximum absolute atomic E-state index is 10.8. The van der Waals surface area contributed by atoms with Gasteiger partial charge in [0.15, 0.2) is 5.13 Å². The lowest BCUT2D eigenvalue weighted by Crippen LogP contribution is -1.96. The van der Waals surface area contributed by atoms with Gasteiger partial charge in [0, 0.05) is 0 Å². The van der Waals surface area contributed by atoms with E-state index in [1.165, 1.54) is 29.5 Å². The molecule has 0 bridgehead atoms. The van der Waals surface area contributed by atoms with Gasteiger partial charge in [0.25, 0.3) is 10.1 Å². The molecule has 14 heavy (non-hydrogen) atoms. The molecule has 0 fully saturated rings. The first-order chi connectivity index (χ1) is 6.47. The summed E-state index contributed by atoms with van der Waals surface area (Å²) in [5.74, 6) is 0. The molecule has 1 aromatic heterocycles. The van der Waals surface area contributed by atoms with E-state index in [0.717, 1.165) is 0 Å². The van der Waals surface area contributed by atoms with Crippen molar-refractivity contribution in [1.82, 2.24) is 4.98 Å². The topological polar surface area (TPSA) is 93.3 Å². The van der Waals surface area contributed by atoms with Crippen LogP contribution < -0.4 is 5.73 Å². The van der Waals surface area contributed by atoms with Crippen molar-refractivity contribution in [1.29, 1.82) is 0 Å². The van der Waals surface area contributed by atoms with E-state index < -0.39 is 10.1 Å². The Bertz CT molecular complexity index is 588. The summed E-state index contributed by atoms with van der Waals surface area (Å²) in [6.07, 6.45) is 0. The first kappa shape index (κ1) is 9.38. The number of rotatable bonds is 1. The Morgan fingerprint density at radius 2 is 2.14 bits per heavy atom. The van der Waals surface area contributed by atoms with E-state index in [1.807, 2.05) is 0 Å². The Morgan fingerprint density at radius 1 is 1.43 bits per heavy atom. The van der Waals surface area contributed by atoms with Gasteiger partial charge in [-0.2, -0.15) is 8.42 Å². The van der Waals surface area contributed by atoms with Crippen molar-refractivity contribution in [2.75, 3.05) is 5.73 Å². The molecule has 0 atom stereocenters. The maximum atomic E-state index is 10.8. The molecule has 7 heteroatoms. The highest BCUT2D eigenvalue weighted by atomic mass is 32.2. The molecule has 0 aliphatic rings. The summed E-state index contributed by atoms with van der Waals surface area (Å²) in [7, 11) is -4.15. The number of aromatic nitrogens is 1. The third-order valence-corrected chi connectivity index (χ3v) is 3.37. The zero-order valence-electron chi connectivity index (χ0n) is 6.84. The Labute approximate surface area is 83.9 Å². The second kappa shape index (κ2) is 2.91. The van der Waals surface area contributed by atoms with E-state index in [-0.39, 0.29) is 4.90 Å². The lowest BCUT2D eigenvalue weighted by Gasteiger charge is -1.94. The summed E-state index contributed by atoms with van der Waals surface area (Å²) in [6, 6.07) is 4.14. The molecule has 0 spiro atoms. The zero-order valence-corrected chi connectivity index (χ0v) is 8.47. The van der Waals surface area contributed by atoms with Crippen molar-refractivity contribution in [2.45, 2.75) is 4.90 Å². The summed E-state index contributed by atoms with van der Waals surface area (Å²) >= 11 is 1.17. The van der Waals surface area contributed by atoms with Crippen LogP contribution in [0.5, 0.6) is 0 Å². The number of benzene rings is 1. The predicted octanol–water partition coefficient (Wildman–Crippen LogP) is 1.13. The summed E-state index contributed by atoms with van der Waals surface area (Å²) in [6.45, 7) is 0. The van der Waals surface area contributed by atoms with Gasteiger partial charge >= 0.3 is 0 Å². The second-order valence-corrected chi connectivity index (χ2v) is 5.14. The third-order valence-electron chi connectivity index (χ3n) is 1.67.